The van der Waals surface area contributed by atoms with E-state index in [9.17, 15) is 0 Å². The first-order valence-electron chi connectivity index (χ1n) is 19.2. The second kappa shape index (κ2) is 15.0. The average Bonchev–Trinajstić information content (AvgIpc) is 3.21. The smallest absolute Gasteiger partial charge is 0.0461 e. The first-order valence-corrected chi connectivity index (χ1v) is 19.2. The van der Waals surface area contributed by atoms with Crippen molar-refractivity contribution in [3.05, 3.63) is 180 Å². The monoisotopic (exact) mass is 666 g/mol. The Balaban J connectivity index is 1.13. The Morgan fingerprint density at radius 2 is 0.745 bits per heavy atom. The molecule has 2 nitrogen and oxygen atoms in total. The van der Waals surface area contributed by atoms with Crippen LogP contribution in [0, 0.1) is 5.92 Å². The van der Waals surface area contributed by atoms with Crippen molar-refractivity contribution >= 4 is 34.1 Å². The zero-order valence-electron chi connectivity index (χ0n) is 30.0. The molecule has 2 saturated carbocycles. The van der Waals surface area contributed by atoms with Crippen LogP contribution in [0.25, 0.3) is 0 Å². The number of para-hydroxylation sites is 3. The molecule has 6 aromatic carbocycles. The Kier molecular flexibility index (Phi) is 9.75. The Morgan fingerprint density at radius 3 is 1.14 bits per heavy atom. The van der Waals surface area contributed by atoms with Gasteiger partial charge < -0.3 is 9.80 Å². The number of rotatable bonds is 9. The largest absolute Gasteiger partial charge is 0.311 e. The minimum absolute atomic E-state index is 0.00683. The van der Waals surface area contributed by atoms with E-state index in [1.165, 1.54) is 109 Å². The number of hydrogen-bond donors (Lipinski definition) is 0. The molecule has 6 aromatic rings. The standard InChI is InChI=1S/C49H50N2/c1-38-34-36-49(37-35-38,41-24-30-47(31-25-41)50(43-16-8-3-9-17-43)44-18-10-4-11-19-44)42-26-32-48(33-27-42)51(45-20-12-5-13-21-45)46-28-22-40(23-29-46)39-14-6-2-7-15-39/h3-5,8-13,16-33,38-39H,2,6-7,14-15,34-37H2,1H3. The van der Waals surface area contributed by atoms with Crippen LogP contribution in [0.2, 0.25) is 0 Å². The van der Waals surface area contributed by atoms with Gasteiger partial charge in [-0.3, -0.25) is 0 Å². The van der Waals surface area contributed by atoms with Crippen LogP contribution >= 0.6 is 0 Å². The van der Waals surface area contributed by atoms with Gasteiger partial charge in [0.15, 0.2) is 0 Å². The molecular formula is C49H50N2. The fourth-order valence-electron chi connectivity index (χ4n) is 8.82. The van der Waals surface area contributed by atoms with Crippen molar-refractivity contribution in [1.29, 1.82) is 0 Å². The highest BCUT2D eigenvalue weighted by atomic mass is 15.1. The van der Waals surface area contributed by atoms with Crippen molar-refractivity contribution in [1.82, 2.24) is 0 Å². The fourth-order valence-corrected chi connectivity index (χ4v) is 8.82. The quantitative estimate of drug-likeness (QED) is 0.152. The van der Waals surface area contributed by atoms with Gasteiger partial charge >= 0.3 is 0 Å². The molecule has 51 heavy (non-hydrogen) atoms. The van der Waals surface area contributed by atoms with E-state index in [0.717, 1.165) is 5.92 Å². The van der Waals surface area contributed by atoms with Crippen molar-refractivity contribution in [2.45, 2.75) is 76.0 Å². The van der Waals surface area contributed by atoms with Gasteiger partial charge in [-0.05, 0) is 140 Å². The molecular weight excluding hydrogens is 617 g/mol. The zero-order chi connectivity index (χ0) is 34.5. The first-order chi connectivity index (χ1) is 25.2. The molecule has 0 unspecified atom stereocenters. The third-order valence-electron chi connectivity index (χ3n) is 11.8. The zero-order valence-corrected chi connectivity index (χ0v) is 30.0. The third-order valence-corrected chi connectivity index (χ3v) is 11.8. The van der Waals surface area contributed by atoms with E-state index in [1.54, 1.807) is 0 Å². The molecule has 0 saturated heterocycles. The van der Waals surface area contributed by atoms with E-state index in [0.29, 0.717) is 5.92 Å². The van der Waals surface area contributed by atoms with Gasteiger partial charge in [-0.2, -0.15) is 0 Å². The van der Waals surface area contributed by atoms with Gasteiger partial charge in [0.05, 0.1) is 0 Å². The minimum Gasteiger partial charge on any atom is -0.311 e. The first kappa shape index (κ1) is 33.1. The maximum atomic E-state index is 2.42. The summed E-state index contributed by atoms with van der Waals surface area (Å²) in [6.07, 6.45) is 11.6. The van der Waals surface area contributed by atoms with Gasteiger partial charge in [0.2, 0.25) is 0 Å². The van der Waals surface area contributed by atoms with Gasteiger partial charge in [-0.25, -0.2) is 0 Å². The fraction of sp³-hybridized carbons (Fsp3) is 0.265. The molecule has 0 aliphatic heterocycles. The molecule has 2 heteroatoms. The van der Waals surface area contributed by atoms with Gasteiger partial charge in [0.25, 0.3) is 0 Å². The molecule has 0 N–H and O–H groups in total. The highest BCUT2D eigenvalue weighted by molar-refractivity contribution is 5.78. The van der Waals surface area contributed by atoms with Crippen LogP contribution in [0.1, 0.15) is 87.3 Å². The molecule has 2 aliphatic rings. The van der Waals surface area contributed by atoms with E-state index in [2.05, 4.69) is 181 Å². The van der Waals surface area contributed by atoms with Crippen LogP contribution in [0.15, 0.2) is 164 Å². The highest BCUT2D eigenvalue weighted by Gasteiger charge is 2.37. The van der Waals surface area contributed by atoms with Gasteiger partial charge in [0.1, 0.15) is 0 Å². The molecule has 0 heterocycles. The number of benzene rings is 6. The summed E-state index contributed by atoms with van der Waals surface area (Å²) >= 11 is 0. The molecule has 0 amide bonds. The minimum atomic E-state index is -0.00683. The Morgan fingerprint density at radius 1 is 0.392 bits per heavy atom. The highest BCUT2D eigenvalue weighted by Crippen LogP contribution is 2.48. The van der Waals surface area contributed by atoms with Gasteiger partial charge in [-0.15, -0.1) is 0 Å². The molecule has 0 atom stereocenters. The summed E-state index contributed by atoms with van der Waals surface area (Å²) in [7, 11) is 0. The van der Waals surface area contributed by atoms with E-state index in [4.69, 9.17) is 0 Å². The summed E-state index contributed by atoms with van der Waals surface area (Å²) in [4.78, 5) is 4.77. The predicted octanol–water partition coefficient (Wildman–Crippen LogP) is 14.2. The molecule has 2 fully saturated rings. The van der Waals surface area contributed by atoms with Crippen LogP contribution in [0.4, 0.5) is 34.1 Å². The van der Waals surface area contributed by atoms with Crippen LogP contribution in [0.3, 0.4) is 0 Å². The van der Waals surface area contributed by atoms with Crippen LogP contribution in [-0.2, 0) is 5.41 Å². The van der Waals surface area contributed by atoms with E-state index >= 15 is 0 Å². The molecule has 0 radical (unpaired) electrons. The Bertz CT molecular complexity index is 1910. The number of nitrogens with zero attached hydrogens (tertiary/aromatic N) is 2. The molecule has 0 spiro atoms. The van der Waals surface area contributed by atoms with Crippen LogP contribution in [0.5, 0.6) is 0 Å². The lowest BCUT2D eigenvalue weighted by Crippen LogP contribution is -2.32. The summed E-state index contributed by atoms with van der Waals surface area (Å²) in [5, 5.41) is 0. The van der Waals surface area contributed by atoms with Gasteiger partial charge in [-0.1, -0.05) is 117 Å². The van der Waals surface area contributed by atoms with Crippen LogP contribution in [-0.4, -0.2) is 0 Å². The van der Waals surface area contributed by atoms with Crippen molar-refractivity contribution in [3.8, 4) is 0 Å². The molecule has 256 valence electrons. The molecule has 0 aromatic heterocycles. The Hall–Kier alpha value is -5.08. The van der Waals surface area contributed by atoms with E-state index < -0.39 is 0 Å². The summed E-state index contributed by atoms with van der Waals surface area (Å²) in [6, 6.07) is 60.7. The average molecular weight is 667 g/mol. The SMILES string of the molecule is CC1CCC(c2ccc(N(c3ccccc3)c3ccccc3)cc2)(c2ccc(N(c3ccccc3)c3ccc(C4CCCCC4)cc3)cc2)CC1. The number of anilines is 6. The van der Waals surface area contributed by atoms with Crippen molar-refractivity contribution in [2.24, 2.45) is 5.92 Å². The summed E-state index contributed by atoms with van der Waals surface area (Å²) in [5.41, 5.74) is 11.5. The third kappa shape index (κ3) is 6.97. The normalized spacial score (nSPS) is 19.4. The second-order valence-electron chi connectivity index (χ2n) is 15.0. The van der Waals surface area contributed by atoms with Crippen molar-refractivity contribution < 1.29 is 0 Å². The van der Waals surface area contributed by atoms with Crippen molar-refractivity contribution in [3.63, 3.8) is 0 Å². The topological polar surface area (TPSA) is 6.48 Å². The lowest BCUT2D eigenvalue weighted by molar-refractivity contribution is 0.280. The summed E-state index contributed by atoms with van der Waals surface area (Å²) < 4.78 is 0. The lowest BCUT2D eigenvalue weighted by Gasteiger charge is -2.41. The van der Waals surface area contributed by atoms with E-state index in [1.807, 2.05) is 0 Å². The summed E-state index contributed by atoms with van der Waals surface area (Å²) in [5.74, 6) is 1.47. The van der Waals surface area contributed by atoms with Gasteiger partial charge in [0, 0.05) is 39.5 Å². The second-order valence-corrected chi connectivity index (χ2v) is 15.0. The molecule has 2 aliphatic carbocycles. The maximum Gasteiger partial charge on any atom is 0.0461 e. The Labute approximate surface area is 305 Å². The summed E-state index contributed by atoms with van der Waals surface area (Å²) in [6.45, 7) is 2.42. The maximum absolute atomic E-state index is 2.42. The molecule has 0 bridgehead atoms. The molecule has 8 rings (SSSR count). The number of hydrogen-bond acceptors (Lipinski definition) is 2. The lowest BCUT2D eigenvalue weighted by atomic mass is 9.63. The predicted molar refractivity (Wildman–Crippen MR) is 216 cm³/mol. The van der Waals surface area contributed by atoms with E-state index in [-0.39, 0.29) is 5.41 Å². The van der Waals surface area contributed by atoms with Crippen LogP contribution < -0.4 is 9.80 Å². The van der Waals surface area contributed by atoms with Crippen molar-refractivity contribution in [2.75, 3.05) is 9.80 Å².